The van der Waals surface area contributed by atoms with Gasteiger partial charge < -0.3 is 30.7 Å². The van der Waals surface area contributed by atoms with Crippen molar-refractivity contribution >= 4 is 23.2 Å². The summed E-state index contributed by atoms with van der Waals surface area (Å²) in [5, 5.41) is 20.7. The Bertz CT molecular complexity index is 1690. The molecular formula is C36H41FN6O4S. The molecule has 2 aliphatic rings. The van der Waals surface area contributed by atoms with Crippen molar-refractivity contribution < 1.29 is 23.8 Å². The van der Waals surface area contributed by atoms with Gasteiger partial charge in [0.05, 0.1) is 12.8 Å². The largest absolute Gasteiger partial charge is 0.438 e. The number of pyridine rings is 1. The molecule has 2 amide bonds. The molecule has 6 rings (SSSR count). The van der Waals surface area contributed by atoms with Crippen molar-refractivity contribution in [1.82, 2.24) is 30.8 Å². The zero-order valence-corrected chi connectivity index (χ0v) is 27.6. The molecule has 48 heavy (non-hydrogen) atoms. The minimum absolute atomic E-state index is 0.0178. The van der Waals surface area contributed by atoms with Crippen LogP contribution < -0.4 is 20.7 Å². The minimum Gasteiger partial charge on any atom is -0.438 e. The summed E-state index contributed by atoms with van der Waals surface area (Å²) in [6, 6.07) is 17.1. The maximum Gasteiger partial charge on any atom is 0.270 e. The van der Waals surface area contributed by atoms with E-state index in [0.29, 0.717) is 42.1 Å². The van der Waals surface area contributed by atoms with Crippen LogP contribution >= 0.6 is 11.3 Å². The van der Waals surface area contributed by atoms with E-state index < -0.39 is 11.7 Å². The maximum atomic E-state index is 14.3. The normalized spacial score (nSPS) is 18.3. The van der Waals surface area contributed by atoms with Gasteiger partial charge in [0.15, 0.2) is 0 Å². The summed E-state index contributed by atoms with van der Waals surface area (Å²) in [5.41, 5.74) is 3.62. The number of amides is 2. The molecule has 0 unspecified atom stereocenters. The number of aryl methyl sites for hydroxylation is 1. The third-order valence-electron chi connectivity index (χ3n) is 8.86. The zero-order chi connectivity index (χ0) is 33.3. The van der Waals surface area contributed by atoms with Crippen LogP contribution in [0.4, 0.5) is 4.39 Å². The first-order valence-corrected chi connectivity index (χ1v) is 17.4. The lowest BCUT2D eigenvalue weighted by Crippen LogP contribution is -2.44. The Balaban J connectivity index is 1.03. The van der Waals surface area contributed by atoms with Crippen LogP contribution in [0.2, 0.25) is 0 Å². The number of benzene rings is 2. The predicted molar refractivity (Wildman–Crippen MR) is 183 cm³/mol. The topological polar surface area (TPSA) is 129 Å². The van der Waals surface area contributed by atoms with Gasteiger partial charge in [0.1, 0.15) is 27.8 Å². The number of rotatable bonds is 12. The van der Waals surface area contributed by atoms with Crippen LogP contribution in [-0.2, 0) is 13.0 Å². The van der Waals surface area contributed by atoms with E-state index in [1.165, 1.54) is 16.9 Å². The van der Waals surface area contributed by atoms with Crippen molar-refractivity contribution in [3.63, 3.8) is 0 Å². The molecule has 252 valence electrons. The number of ether oxygens (including phenoxy) is 1. The fraction of sp³-hybridized carbons (Fsp3) is 0.389. The number of thiazole rings is 1. The molecule has 2 aromatic heterocycles. The van der Waals surface area contributed by atoms with Gasteiger partial charge in [0.2, 0.25) is 5.88 Å². The minimum atomic E-state index is -0.632. The first-order chi connectivity index (χ1) is 23.4. The van der Waals surface area contributed by atoms with Crippen molar-refractivity contribution in [3.8, 4) is 22.8 Å². The molecule has 0 atom stereocenters. The van der Waals surface area contributed by atoms with Crippen molar-refractivity contribution in [2.45, 2.75) is 57.2 Å². The number of aliphatic hydroxyl groups is 1. The lowest BCUT2D eigenvalue weighted by molar-refractivity contribution is 0.0887. The number of aromatic nitrogens is 2. The van der Waals surface area contributed by atoms with E-state index in [1.54, 1.807) is 11.4 Å². The first-order valence-electron chi connectivity index (χ1n) is 16.6. The lowest BCUT2D eigenvalue weighted by atomic mass is 9.91. The van der Waals surface area contributed by atoms with E-state index >= 15 is 0 Å². The number of aliphatic hydroxyl groups excluding tert-OH is 1. The van der Waals surface area contributed by atoms with Crippen LogP contribution in [0.15, 0.2) is 66.2 Å². The van der Waals surface area contributed by atoms with E-state index in [1.807, 2.05) is 18.2 Å². The Hall–Kier alpha value is -4.23. The summed E-state index contributed by atoms with van der Waals surface area (Å²) in [6.07, 6.45) is 5.83. The Morgan fingerprint density at radius 1 is 0.979 bits per heavy atom. The average molecular weight is 673 g/mol. The Kier molecular flexibility index (Phi) is 11.4. The van der Waals surface area contributed by atoms with Gasteiger partial charge in [-0.25, -0.2) is 14.4 Å². The van der Waals surface area contributed by atoms with Gasteiger partial charge >= 0.3 is 0 Å². The molecule has 4 aromatic rings. The number of carbonyl (C=O) groups excluding carboxylic acids is 2. The molecule has 1 saturated carbocycles. The van der Waals surface area contributed by atoms with Gasteiger partial charge in [-0.3, -0.25) is 9.59 Å². The Morgan fingerprint density at radius 2 is 1.71 bits per heavy atom. The third-order valence-corrected chi connectivity index (χ3v) is 9.70. The number of piperazine rings is 1. The molecule has 2 fully saturated rings. The van der Waals surface area contributed by atoms with E-state index in [4.69, 9.17) is 4.74 Å². The van der Waals surface area contributed by atoms with Gasteiger partial charge in [0, 0.05) is 43.6 Å². The second-order valence-electron chi connectivity index (χ2n) is 12.3. The number of halogens is 1. The molecule has 2 aromatic carbocycles. The molecule has 0 bridgehead atoms. The average Bonchev–Trinajstić information content (AvgIpc) is 3.61. The SMILES string of the molecule is O=C(N[C@H]1CC[C@H](NC(=O)c2cc(F)cnc2Oc2cccc(-c3ccc(CCCN4CCNCC4)cc3)c2)CC1)c1csc(CO)n1. The number of hydrogen-bond acceptors (Lipinski definition) is 9. The highest BCUT2D eigenvalue weighted by molar-refractivity contribution is 7.09. The number of nitrogens with one attached hydrogen (secondary N) is 3. The van der Waals surface area contributed by atoms with Crippen LogP contribution in [0.5, 0.6) is 11.6 Å². The molecule has 0 spiro atoms. The molecule has 10 nitrogen and oxygen atoms in total. The standard InChI is InChI=1S/C36H41FN6O4S/c37-27-20-31(34(45)40-28-10-12-29(13-11-28)41-35(46)32-23-48-33(22-44)42-32)36(39-21-27)47-30-5-1-4-26(19-30)25-8-6-24(7-9-25)3-2-16-43-17-14-38-15-18-43/h1,4-9,19-21,23,28-29,38,44H,2-3,10-18,22H2,(H,40,45)(H,41,46)/t28-,29-. The molecule has 3 heterocycles. The van der Waals surface area contributed by atoms with Crippen molar-refractivity contribution in [2.75, 3.05) is 32.7 Å². The Labute approximate surface area is 283 Å². The van der Waals surface area contributed by atoms with E-state index in [2.05, 4.69) is 55.1 Å². The monoisotopic (exact) mass is 672 g/mol. The molecule has 4 N–H and O–H groups in total. The van der Waals surface area contributed by atoms with Crippen LogP contribution in [-0.4, -0.2) is 76.6 Å². The highest BCUT2D eigenvalue weighted by atomic mass is 32.1. The van der Waals surface area contributed by atoms with E-state index in [-0.39, 0.29) is 36.0 Å². The molecule has 12 heteroatoms. The maximum absolute atomic E-state index is 14.3. The van der Waals surface area contributed by atoms with Gasteiger partial charge in [0.25, 0.3) is 11.8 Å². The van der Waals surface area contributed by atoms with Crippen molar-refractivity contribution in [1.29, 1.82) is 0 Å². The van der Waals surface area contributed by atoms with Gasteiger partial charge in [-0.15, -0.1) is 11.3 Å². The lowest BCUT2D eigenvalue weighted by Gasteiger charge is -2.29. The Morgan fingerprint density at radius 3 is 2.42 bits per heavy atom. The smallest absolute Gasteiger partial charge is 0.270 e. The molecule has 1 saturated heterocycles. The fourth-order valence-electron chi connectivity index (χ4n) is 6.22. The van der Waals surface area contributed by atoms with E-state index in [9.17, 15) is 19.1 Å². The number of hydrogen-bond donors (Lipinski definition) is 4. The van der Waals surface area contributed by atoms with Gasteiger partial charge in [-0.2, -0.15) is 0 Å². The third kappa shape index (κ3) is 9.01. The molecule has 1 aliphatic carbocycles. The quantitative estimate of drug-likeness (QED) is 0.167. The first kappa shape index (κ1) is 33.7. The number of carbonyl (C=O) groups is 2. The van der Waals surface area contributed by atoms with Crippen molar-refractivity contribution in [3.05, 3.63) is 93.8 Å². The summed E-state index contributed by atoms with van der Waals surface area (Å²) in [6.45, 7) is 5.28. The molecular weight excluding hydrogens is 631 g/mol. The summed E-state index contributed by atoms with van der Waals surface area (Å²) in [4.78, 5) is 36.6. The number of nitrogens with zero attached hydrogens (tertiary/aromatic N) is 3. The predicted octanol–water partition coefficient (Wildman–Crippen LogP) is 4.94. The fourth-order valence-corrected chi connectivity index (χ4v) is 6.85. The second-order valence-corrected chi connectivity index (χ2v) is 13.3. The van der Waals surface area contributed by atoms with Crippen LogP contribution in [0.25, 0.3) is 11.1 Å². The highest BCUT2D eigenvalue weighted by Crippen LogP contribution is 2.29. The summed E-state index contributed by atoms with van der Waals surface area (Å²) >= 11 is 1.24. The summed E-state index contributed by atoms with van der Waals surface area (Å²) < 4.78 is 20.4. The van der Waals surface area contributed by atoms with Crippen LogP contribution in [0.1, 0.15) is 63.5 Å². The van der Waals surface area contributed by atoms with Crippen LogP contribution in [0, 0.1) is 5.82 Å². The highest BCUT2D eigenvalue weighted by Gasteiger charge is 2.26. The molecule has 1 aliphatic heterocycles. The zero-order valence-electron chi connectivity index (χ0n) is 26.8. The van der Waals surface area contributed by atoms with Crippen LogP contribution in [0.3, 0.4) is 0 Å². The van der Waals surface area contributed by atoms with E-state index in [0.717, 1.165) is 69.0 Å². The van der Waals surface area contributed by atoms with Gasteiger partial charge in [-0.1, -0.05) is 36.4 Å². The second kappa shape index (κ2) is 16.2. The van der Waals surface area contributed by atoms with Crippen molar-refractivity contribution in [2.24, 2.45) is 0 Å². The summed E-state index contributed by atoms with van der Waals surface area (Å²) in [7, 11) is 0. The summed E-state index contributed by atoms with van der Waals surface area (Å²) in [5.74, 6) is -0.858. The van der Waals surface area contributed by atoms with Gasteiger partial charge in [-0.05, 0) is 80.0 Å². The molecule has 0 radical (unpaired) electrons.